The standard InChI is InChI=1S/C28H29ClFN5O2/c1-28(2,37)27-31-11-8-23(32-27)25-21-15-20(22(29)16-24(21)34(3)33-25)26(36)35-12-9-18(10-13-35)14-17-4-6-19(30)7-5-17/h4-8,11,15-16,18,37H,9-10,12-14H2,1-3H3. The molecule has 5 rings (SSSR count). The Labute approximate surface area is 219 Å². The predicted octanol–water partition coefficient (Wildman–Crippen LogP) is 5.15. The summed E-state index contributed by atoms with van der Waals surface area (Å²) in [5.41, 5.74) is 2.26. The van der Waals surface area contributed by atoms with Crippen LogP contribution in [0.5, 0.6) is 0 Å². The van der Waals surface area contributed by atoms with Gasteiger partial charge in [-0.25, -0.2) is 14.4 Å². The summed E-state index contributed by atoms with van der Waals surface area (Å²) in [6.07, 6.45) is 4.22. The molecule has 37 heavy (non-hydrogen) atoms. The Balaban J connectivity index is 1.39. The molecule has 0 radical (unpaired) electrons. The number of carbonyl (C=O) groups is 1. The molecule has 0 spiro atoms. The number of piperidine rings is 1. The van der Waals surface area contributed by atoms with Gasteiger partial charge in [0.05, 0.1) is 21.8 Å². The second kappa shape index (κ2) is 9.84. The minimum Gasteiger partial charge on any atom is -0.382 e. The second-order valence-corrected chi connectivity index (χ2v) is 10.6. The van der Waals surface area contributed by atoms with Gasteiger partial charge >= 0.3 is 0 Å². The average molecular weight is 522 g/mol. The molecular weight excluding hydrogens is 493 g/mol. The van der Waals surface area contributed by atoms with Crippen LogP contribution in [-0.2, 0) is 19.1 Å². The molecule has 192 valence electrons. The van der Waals surface area contributed by atoms with E-state index in [9.17, 15) is 14.3 Å². The molecule has 2 aromatic heterocycles. The van der Waals surface area contributed by atoms with Crippen molar-refractivity contribution in [3.8, 4) is 11.4 Å². The van der Waals surface area contributed by atoms with Crippen molar-refractivity contribution in [2.24, 2.45) is 13.0 Å². The molecule has 9 heteroatoms. The van der Waals surface area contributed by atoms with Crippen LogP contribution in [0.2, 0.25) is 5.02 Å². The van der Waals surface area contributed by atoms with Gasteiger partial charge in [0.2, 0.25) is 0 Å². The molecule has 2 aromatic carbocycles. The van der Waals surface area contributed by atoms with E-state index in [1.165, 1.54) is 12.1 Å². The maximum absolute atomic E-state index is 13.5. The summed E-state index contributed by atoms with van der Waals surface area (Å²) in [7, 11) is 1.81. The lowest BCUT2D eigenvalue weighted by Crippen LogP contribution is -2.39. The summed E-state index contributed by atoms with van der Waals surface area (Å²) in [4.78, 5) is 24.1. The molecule has 1 aliphatic heterocycles. The molecule has 7 nitrogen and oxygen atoms in total. The normalized spacial score (nSPS) is 14.9. The van der Waals surface area contributed by atoms with E-state index in [2.05, 4.69) is 15.1 Å². The average Bonchev–Trinajstić information content (AvgIpc) is 3.20. The number of aromatic nitrogens is 4. The predicted molar refractivity (Wildman–Crippen MR) is 141 cm³/mol. The van der Waals surface area contributed by atoms with E-state index in [1.807, 2.05) is 24.1 Å². The van der Waals surface area contributed by atoms with Gasteiger partial charge in [-0.1, -0.05) is 23.7 Å². The lowest BCUT2D eigenvalue weighted by atomic mass is 9.90. The number of hydrogen-bond donors (Lipinski definition) is 1. The first kappa shape index (κ1) is 25.3. The van der Waals surface area contributed by atoms with E-state index in [0.717, 1.165) is 35.7 Å². The number of benzene rings is 2. The fourth-order valence-corrected chi connectivity index (χ4v) is 5.12. The lowest BCUT2D eigenvalue weighted by molar-refractivity contribution is 0.0683. The monoisotopic (exact) mass is 521 g/mol. The summed E-state index contributed by atoms with van der Waals surface area (Å²) in [5.74, 6) is 0.395. The van der Waals surface area contributed by atoms with E-state index in [0.29, 0.717) is 41.0 Å². The third-order valence-corrected chi connectivity index (χ3v) is 7.27. The van der Waals surface area contributed by atoms with Gasteiger partial charge in [-0.05, 0) is 74.9 Å². The number of amides is 1. The highest BCUT2D eigenvalue weighted by Crippen LogP contribution is 2.33. The van der Waals surface area contributed by atoms with Crippen molar-refractivity contribution in [2.75, 3.05) is 13.1 Å². The third kappa shape index (κ3) is 5.22. The largest absolute Gasteiger partial charge is 0.382 e. The summed E-state index contributed by atoms with van der Waals surface area (Å²) in [5, 5.41) is 16.1. The molecule has 1 fully saturated rings. The maximum Gasteiger partial charge on any atom is 0.255 e. The number of halogens is 2. The Morgan fingerprint density at radius 2 is 1.86 bits per heavy atom. The number of fused-ring (bicyclic) bond motifs is 1. The molecule has 3 heterocycles. The fourth-order valence-electron chi connectivity index (χ4n) is 4.88. The SMILES string of the molecule is Cn1nc(-c2ccnc(C(C)(C)O)n2)c2cc(C(=O)N3CCC(Cc4ccc(F)cc4)CC3)c(Cl)cc21. The van der Waals surface area contributed by atoms with Crippen LogP contribution in [0, 0.1) is 11.7 Å². The first-order chi connectivity index (χ1) is 17.6. The number of nitrogens with zero attached hydrogens (tertiary/aromatic N) is 5. The summed E-state index contributed by atoms with van der Waals surface area (Å²) < 4.78 is 14.9. The van der Waals surface area contributed by atoms with E-state index in [4.69, 9.17) is 11.6 Å². The number of aryl methyl sites for hydroxylation is 1. The molecule has 0 saturated carbocycles. The second-order valence-electron chi connectivity index (χ2n) is 10.2. The van der Waals surface area contributed by atoms with Crippen LogP contribution in [0.4, 0.5) is 4.39 Å². The zero-order valence-corrected chi connectivity index (χ0v) is 21.8. The molecule has 0 aliphatic carbocycles. The van der Waals surface area contributed by atoms with Gasteiger partial charge in [0.15, 0.2) is 5.82 Å². The number of aliphatic hydroxyl groups is 1. The van der Waals surface area contributed by atoms with Gasteiger partial charge in [-0.15, -0.1) is 0 Å². The zero-order chi connectivity index (χ0) is 26.3. The van der Waals surface area contributed by atoms with Crippen LogP contribution in [0.1, 0.15) is 48.4 Å². The van der Waals surface area contributed by atoms with E-state index >= 15 is 0 Å². The number of hydrogen-bond acceptors (Lipinski definition) is 5. The lowest BCUT2D eigenvalue weighted by Gasteiger charge is -2.32. The smallest absolute Gasteiger partial charge is 0.255 e. The van der Waals surface area contributed by atoms with Gasteiger partial charge in [0.1, 0.15) is 17.1 Å². The van der Waals surface area contributed by atoms with Crippen molar-refractivity contribution >= 4 is 28.4 Å². The summed E-state index contributed by atoms with van der Waals surface area (Å²) in [6.45, 7) is 4.53. The molecule has 1 amide bonds. The van der Waals surface area contributed by atoms with Gasteiger partial charge in [0.25, 0.3) is 5.91 Å². The van der Waals surface area contributed by atoms with Gasteiger partial charge in [-0.3, -0.25) is 9.48 Å². The molecule has 0 bridgehead atoms. The van der Waals surface area contributed by atoms with E-state index in [-0.39, 0.29) is 17.5 Å². The van der Waals surface area contributed by atoms with Crippen LogP contribution in [-0.4, -0.2) is 48.8 Å². The molecule has 1 aliphatic rings. The third-order valence-electron chi connectivity index (χ3n) is 6.95. The van der Waals surface area contributed by atoms with Gasteiger partial charge < -0.3 is 10.0 Å². The first-order valence-electron chi connectivity index (χ1n) is 12.4. The number of rotatable bonds is 5. The van der Waals surface area contributed by atoms with Crippen LogP contribution in [0.15, 0.2) is 48.7 Å². The van der Waals surface area contributed by atoms with Crippen molar-refractivity contribution in [3.05, 3.63) is 76.5 Å². The molecular formula is C28H29ClFN5O2. The number of likely N-dealkylation sites (tertiary alicyclic amines) is 1. The van der Waals surface area contributed by atoms with Crippen LogP contribution in [0.3, 0.4) is 0 Å². The van der Waals surface area contributed by atoms with Gasteiger partial charge in [0, 0.05) is 31.7 Å². The highest BCUT2D eigenvalue weighted by Gasteiger charge is 2.27. The van der Waals surface area contributed by atoms with Crippen molar-refractivity contribution < 1.29 is 14.3 Å². The van der Waals surface area contributed by atoms with Crippen molar-refractivity contribution in [2.45, 2.75) is 38.7 Å². The highest BCUT2D eigenvalue weighted by molar-refractivity contribution is 6.34. The van der Waals surface area contributed by atoms with E-state index < -0.39 is 5.60 Å². The molecule has 1 N–H and O–H groups in total. The Bertz CT molecular complexity index is 1450. The Kier molecular flexibility index (Phi) is 6.72. The van der Waals surface area contributed by atoms with Crippen LogP contribution in [0.25, 0.3) is 22.3 Å². The molecule has 0 unspecified atom stereocenters. The van der Waals surface area contributed by atoms with Crippen molar-refractivity contribution in [1.82, 2.24) is 24.6 Å². The Hall–Kier alpha value is -3.36. The quantitative estimate of drug-likeness (QED) is 0.393. The minimum atomic E-state index is -1.20. The maximum atomic E-state index is 13.5. The molecule has 1 saturated heterocycles. The van der Waals surface area contributed by atoms with Crippen molar-refractivity contribution in [1.29, 1.82) is 0 Å². The van der Waals surface area contributed by atoms with Crippen LogP contribution < -0.4 is 0 Å². The summed E-state index contributed by atoms with van der Waals surface area (Å²) in [6, 6.07) is 11.9. The van der Waals surface area contributed by atoms with Crippen molar-refractivity contribution in [3.63, 3.8) is 0 Å². The Morgan fingerprint density at radius 1 is 1.16 bits per heavy atom. The minimum absolute atomic E-state index is 0.109. The van der Waals surface area contributed by atoms with Gasteiger partial charge in [-0.2, -0.15) is 5.10 Å². The zero-order valence-electron chi connectivity index (χ0n) is 21.1. The van der Waals surface area contributed by atoms with Crippen LogP contribution >= 0.6 is 11.6 Å². The first-order valence-corrected chi connectivity index (χ1v) is 12.7. The fraction of sp³-hybridized carbons (Fsp3) is 0.357. The Morgan fingerprint density at radius 3 is 2.54 bits per heavy atom. The topological polar surface area (TPSA) is 84.1 Å². The molecule has 4 aromatic rings. The molecule has 0 atom stereocenters. The summed E-state index contributed by atoms with van der Waals surface area (Å²) >= 11 is 6.60. The highest BCUT2D eigenvalue weighted by atomic mass is 35.5. The number of carbonyl (C=O) groups excluding carboxylic acids is 1. The van der Waals surface area contributed by atoms with E-state index in [1.54, 1.807) is 42.9 Å².